The van der Waals surface area contributed by atoms with Gasteiger partial charge in [0.1, 0.15) is 0 Å². The lowest BCUT2D eigenvalue weighted by atomic mass is 10.2. The number of rotatable bonds is 0. The standard InChI is InChI=1S/C8H7N.C4H9N/c1-2-4-8-7(3-1)5-6-9-8;1-2-4-5-3-1/h1-4,6H,5H2;5H,1-4H2. The van der Waals surface area contributed by atoms with Gasteiger partial charge in [-0.25, -0.2) is 0 Å². The first-order valence-electron chi connectivity index (χ1n) is 5.28. The summed E-state index contributed by atoms with van der Waals surface area (Å²) in [6.45, 7) is 2.50. The molecule has 2 aliphatic rings. The van der Waals surface area contributed by atoms with Gasteiger partial charge in [0.2, 0.25) is 0 Å². The van der Waals surface area contributed by atoms with Crippen LogP contribution in [0.5, 0.6) is 0 Å². The lowest BCUT2D eigenvalue weighted by Crippen LogP contribution is -2.03. The van der Waals surface area contributed by atoms with E-state index in [4.69, 9.17) is 0 Å². The van der Waals surface area contributed by atoms with Crippen LogP contribution < -0.4 is 5.32 Å². The highest BCUT2D eigenvalue weighted by Gasteiger charge is 2.01. The monoisotopic (exact) mass is 188 g/mol. The van der Waals surface area contributed by atoms with E-state index in [1.807, 2.05) is 24.4 Å². The minimum absolute atomic E-state index is 1.01. The van der Waals surface area contributed by atoms with Gasteiger partial charge in [-0.1, -0.05) is 18.2 Å². The highest BCUT2D eigenvalue weighted by Crippen LogP contribution is 2.22. The van der Waals surface area contributed by atoms with Crippen molar-refractivity contribution in [1.82, 2.24) is 5.32 Å². The molecule has 0 radical (unpaired) electrons. The van der Waals surface area contributed by atoms with Crippen LogP contribution in [0.1, 0.15) is 18.4 Å². The first kappa shape index (κ1) is 9.41. The van der Waals surface area contributed by atoms with Crippen LogP contribution in [0.3, 0.4) is 0 Å². The average molecular weight is 188 g/mol. The van der Waals surface area contributed by atoms with E-state index in [0.717, 1.165) is 12.1 Å². The molecule has 1 aromatic carbocycles. The molecular formula is C12H16N2. The molecule has 2 aliphatic heterocycles. The summed E-state index contributed by atoms with van der Waals surface area (Å²) in [6.07, 6.45) is 5.74. The summed E-state index contributed by atoms with van der Waals surface area (Å²) in [5, 5.41) is 3.22. The van der Waals surface area contributed by atoms with Crippen molar-refractivity contribution in [2.24, 2.45) is 4.99 Å². The normalized spacial score (nSPS) is 17.4. The van der Waals surface area contributed by atoms with Crippen LogP contribution in [-0.4, -0.2) is 19.3 Å². The van der Waals surface area contributed by atoms with Crippen LogP contribution in [0.4, 0.5) is 5.69 Å². The maximum absolute atomic E-state index is 4.17. The SMILES string of the molecule is C1=Nc2ccccc2C1.C1CCNC1. The van der Waals surface area contributed by atoms with Gasteiger partial charge in [-0.05, 0) is 37.6 Å². The van der Waals surface area contributed by atoms with Crippen LogP contribution in [0, 0.1) is 0 Å². The van der Waals surface area contributed by atoms with E-state index in [1.54, 1.807) is 0 Å². The van der Waals surface area contributed by atoms with Gasteiger partial charge in [0, 0.05) is 12.6 Å². The second kappa shape index (κ2) is 4.91. The maximum Gasteiger partial charge on any atom is 0.0661 e. The van der Waals surface area contributed by atoms with Gasteiger partial charge < -0.3 is 5.32 Å². The fraction of sp³-hybridized carbons (Fsp3) is 0.417. The molecule has 0 saturated carbocycles. The average Bonchev–Trinajstić information content (AvgIpc) is 2.92. The van der Waals surface area contributed by atoms with E-state index >= 15 is 0 Å². The van der Waals surface area contributed by atoms with Crippen LogP contribution in [0.2, 0.25) is 0 Å². The Kier molecular flexibility index (Phi) is 3.30. The van der Waals surface area contributed by atoms with E-state index in [0.29, 0.717) is 0 Å². The van der Waals surface area contributed by atoms with E-state index in [9.17, 15) is 0 Å². The van der Waals surface area contributed by atoms with Crippen molar-refractivity contribution in [3.05, 3.63) is 29.8 Å². The molecule has 1 fully saturated rings. The zero-order chi connectivity index (χ0) is 9.64. The summed E-state index contributed by atoms with van der Waals surface area (Å²) >= 11 is 0. The number of hydrogen-bond acceptors (Lipinski definition) is 2. The number of nitrogens with zero attached hydrogens (tertiary/aromatic N) is 1. The third kappa shape index (κ3) is 2.42. The minimum atomic E-state index is 1.01. The quantitative estimate of drug-likeness (QED) is 0.664. The maximum atomic E-state index is 4.17. The third-order valence-electron chi connectivity index (χ3n) is 2.49. The van der Waals surface area contributed by atoms with Crippen molar-refractivity contribution in [2.75, 3.05) is 13.1 Å². The molecule has 1 saturated heterocycles. The lowest BCUT2D eigenvalue weighted by molar-refractivity contribution is 0.857. The van der Waals surface area contributed by atoms with Crippen molar-refractivity contribution in [3.63, 3.8) is 0 Å². The molecule has 2 heterocycles. The first-order chi connectivity index (χ1) is 6.97. The van der Waals surface area contributed by atoms with Crippen molar-refractivity contribution in [1.29, 1.82) is 0 Å². The Bertz CT molecular complexity index is 306. The molecule has 0 spiro atoms. The molecule has 14 heavy (non-hydrogen) atoms. The number of benzene rings is 1. The summed E-state index contributed by atoms with van der Waals surface area (Å²) < 4.78 is 0. The first-order valence-corrected chi connectivity index (χ1v) is 5.28. The molecule has 1 N–H and O–H groups in total. The van der Waals surface area contributed by atoms with E-state index in [1.165, 1.54) is 31.5 Å². The number of hydrogen-bond donors (Lipinski definition) is 1. The van der Waals surface area contributed by atoms with Crippen molar-refractivity contribution < 1.29 is 0 Å². The van der Waals surface area contributed by atoms with Crippen LogP contribution in [0.15, 0.2) is 29.3 Å². The van der Waals surface area contributed by atoms with Crippen LogP contribution in [-0.2, 0) is 6.42 Å². The molecule has 2 heteroatoms. The molecule has 0 aromatic heterocycles. The van der Waals surface area contributed by atoms with E-state index in [-0.39, 0.29) is 0 Å². The van der Waals surface area contributed by atoms with Gasteiger partial charge in [-0.15, -0.1) is 0 Å². The molecule has 74 valence electrons. The predicted molar refractivity (Wildman–Crippen MR) is 60.4 cm³/mol. The Labute approximate surface area is 85.1 Å². The topological polar surface area (TPSA) is 24.4 Å². The molecule has 0 atom stereocenters. The van der Waals surface area contributed by atoms with Gasteiger partial charge in [0.15, 0.2) is 0 Å². The zero-order valence-corrected chi connectivity index (χ0v) is 8.37. The van der Waals surface area contributed by atoms with E-state index < -0.39 is 0 Å². The highest BCUT2D eigenvalue weighted by molar-refractivity contribution is 5.75. The molecule has 3 rings (SSSR count). The summed E-state index contributed by atoms with van der Waals surface area (Å²) in [4.78, 5) is 4.17. The smallest absolute Gasteiger partial charge is 0.0661 e. The van der Waals surface area contributed by atoms with E-state index in [2.05, 4.69) is 16.4 Å². The molecule has 1 aromatic rings. The fourth-order valence-electron chi connectivity index (χ4n) is 1.68. The molecular weight excluding hydrogens is 172 g/mol. The minimum Gasteiger partial charge on any atom is -0.317 e. The van der Waals surface area contributed by atoms with Crippen LogP contribution >= 0.6 is 0 Å². The Balaban J connectivity index is 0.000000128. The summed E-state index contributed by atoms with van der Waals surface area (Å²) in [5.74, 6) is 0. The van der Waals surface area contributed by atoms with Crippen LogP contribution in [0.25, 0.3) is 0 Å². The van der Waals surface area contributed by atoms with Gasteiger partial charge in [0.25, 0.3) is 0 Å². The number of para-hydroxylation sites is 1. The summed E-state index contributed by atoms with van der Waals surface area (Å²) in [7, 11) is 0. The van der Waals surface area contributed by atoms with Gasteiger partial charge in [0.05, 0.1) is 5.69 Å². The third-order valence-corrected chi connectivity index (χ3v) is 2.49. The molecule has 0 aliphatic carbocycles. The Morgan fingerprint density at radius 2 is 1.86 bits per heavy atom. The Hall–Kier alpha value is -1.15. The highest BCUT2D eigenvalue weighted by atomic mass is 14.9. The van der Waals surface area contributed by atoms with Crippen molar-refractivity contribution >= 4 is 11.9 Å². The number of fused-ring (bicyclic) bond motifs is 1. The zero-order valence-electron chi connectivity index (χ0n) is 8.37. The fourth-order valence-corrected chi connectivity index (χ4v) is 1.68. The Morgan fingerprint density at radius 3 is 2.50 bits per heavy atom. The summed E-state index contributed by atoms with van der Waals surface area (Å²) in [6, 6.07) is 8.22. The second-order valence-electron chi connectivity index (χ2n) is 3.60. The molecule has 0 bridgehead atoms. The predicted octanol–water partition coefficient (Wildman–Crippen LogP) is 2.31. The Morgan fingerprint density at radius 1 is 1.07 bits per heavy atom. The van der Waals surface area contributed by atoms with Gasteiger partial charge >= 0.3 is 0 Å². The summed E-state index contributed by atoms with van der Waals surface area (Å²) in [5.41, 5.74) is 2.48. The largest absolute Gasteiger partial charge is 0.317 e. The molecule has 2 nitrogen and oxygen atoms in total. The van der Waals surface area contributed by atoms with Crippen molar-refractivity contribution in [2.45, 2.75) is 19.3 Å². The second-order valence-corrected chi connectivity index (χ2v) is 3.60. The number of aliphatic imine (C=N–C) groups is 1. The molecule has 0 amide bonds. The molecule has 0 unspecified atom stereocenters. The van der Waals surface area contributed by atoms with Gasteiger partial charge in [-0.2, -0.15) is 0 Å². The number of nitrogens with one attached hydrogen (secondary N) is 1. The lowest BCUT2D eigenvalue weighted by Gasteiger charge is -1.91. The van der Waals surface area contributed by atoms with Gasteiger partial charge in [-0.3, -0.25) is 4.99 Å². The van der Waals surface area contributed by atoms with Crippen molar-refractivity contribution in [3.8, 4) is 0 Å².